The zero-order valence-electron chi connectivity index (χ0n) is 21.8. The Morgan fingerprint density at radius 2 is 2.00 bits per heavy atom. The number of carbonyl (C=O) groups excluding carboxylic acids is 3. The van der Waals surface area contributed by atoms with Crippen LogP contribution in [-0.2, 0) is 29.3 Å². The van der Waals surface area contributed by atoms with E-state index in [0.29, 0.717) is 23.4 Å². The molecule has 4 aromatic rings. The summed E-state index contributed by atoms with van der Waals surface area (Å²) in [5.41, 5.74) is 3.94. The average molecular weight is 528 g/mol. The zero-order chi connectivity index (χ0) is 27.1. The first-order valence-electron chi connectivity index (χ1n) is 12.9. The average Bonchev–Trinajstić information content (AvgIpc) is 3.64. The van der Waals surface area contributed by atoms with E-state index in [0.717, 1.165) is 29.7 Å². The number of hydrogen-bond donors (Lipinski definition) is 1. The second-order valence-corrected chi connectivity index (χ2v) is 10.2. The molecule has 1 unspecified atom stereocenters. The van der Waals surface area contributed by atoms with Crippen LogP contribution in [0.4, 0.5) is 0 Å². The van der Waals surface area contributed by atoms with Gasteiger partial charge < -0.3 is 19.1 Å². The number of benzene rings is 2. The number of rotatable bonds is 8. The summed E-state index contributed by atoms with van der Waals surface area (Å²) in [7, 11) is 4.13. The molecule has 2 aliphatic heterocycles. The molecule has 0 bridgehead atoms. The summed E-state index contributed by atoms with van der Waals surface area (Å²) in [5.74, 6) is -0.418. The van der Waals surface area contributed by atoms with E-state index in [4.69, 9.17) is 4.74 Å². The quantitative estimate of drug-likeness (QED) is 0.349. The minimum Gasteiger partial charge on any atom is -0.487 e. The van der Waals surface area contributed by atoms with Crippen LogP contribution in [0.3, 0.4) is 0 Å². The van der Waals surface area contributed by atoms with Crippen molar-refractivity contribution in [2.75, 3.05) is 20.6 Å². The molecule has 200 valence electrons. The molecule has 1 atom stereocenters. The molecule has 3 amide bonds. The molecule has 6 rings (SSSR count). The number of carbonyl (C=O) groups is 3. The largest absolute Gasteiger partial charge is 0.487 e. The van der Waals surface area contributed by atoms with Crippen molar-refractivity contribution in [2.45, 2.75) is 38.6 Å². The standard InChI is InChI=1S/C28H29N7O4/c1-32(2)12-13-33-11-10-18-14-20(6-7-23(18)33)35-15-19(30-31-35)17-39-25-5-3-4-21-22(25)16-34(28(21)38)24-8-9-26(36)29-27(24)37/h3-7,10-11,14-15,24H,8-9,12-13,16-17H2,1-2H3,(H,29,36,37). The van der Waals surface area contributed by atoms with Gasteiger partial charge in [-0.05, 0) is 56.9 Å². The molecule has 39 heavy (non-hydrogen) atoms. The molecule has 1 fully saturated rings. The molecular formula is C28H29N7O4. The number of hydrogen-bond acceptors (Lipinski definition) is 7. The van der Waals surface area contributed by atoms with E-state index in [1.807, 2.05) is 12.3 Å². The minimum absolute atomic E-state index is 0.173. The summed E-state index contributed by atoms with van der Waals surface area (Å²) in [4.78, 5) is 40.6. The van der Waals surface area contributed by atoms with Gasteiger partial charge in [0.15, 0.2) is 0 Å². The smallest absolute Gasteiger partial charge is 0.255 e. The monoisotopic (exact) mass is 527 g/mol. The Balaban J connectivity index is 1.14. The number of likely N-dealkylation sites (N-methyl/N-ethyl adjacent to an activating group) is 1. The maximum Gasteiger partial charge on any atom is 0.255 e. The van der Waals surface area contributed by atoms with Gasteiger partial charge in [0.1, 0.15) is 24.1 Å². The summed E-state index contributed by atoms with van der Waals surface area (Å²) in [5, 5.41) is 12.0. The fourth-order valence-corrected chi connectivity index (χ4v) is 5.17. The van der Waals surface area contributed by atoms with Crippen molar-refractivity contribution < 1.29 is 19.1 Å². The van der Waals surface area contributed by atoms with E-state index in [2.05, 4.69) is 63.6 Å². The van der Waals surface area contributed by atoms with Crippen molar-refractivity contribution in [1.29, 1.82) is 0 Å². The van der Waals surface area contributed by atoms with Gasteiger partial charge >= 0.3 is 0 Å². The van der Waals surface area contributed by atoms with Crippen molar-refractivity contribution in [3.63, 3.8) is 0 Å². The zero-order valence-corrected chi connectivity index (χ0v) is 21.8. The molecule has 2 aromatic carbocycles. The number of nitrogens with one attached hydrogen (secondary N) is 1. The molecule has 2 aromatic heterocycles. The second kappa shape index (κ2) is 9.99. The first-order valence-corrected chi connectivity index (χ1v) is 12.9. The first kappa shape index (κ1) is 24.8. The molecule has 0 radical (unpaired) electrons. The molecule has 1 saturated heterocycles. The summed E-state index contributed by atoms with van der Waals surface area (Å²) >= 11 is 0. The Morgan fingerprint density at radius 1 is 1.13 bits per heavy atom. The maximum atomic E-state index is 13.0. The topological polar surface area (TPSA) is 115 Å². The van der Waals surface area contributed by atoms with Gasteiger partial charge in [0.05, 0.1) is 18.4 Å². The molecule has 11 nitrogen and oxygen atoms in total. The number of ether oxygens (including phenoxy) is 1. The van der Waals surface area contributed by atoms with Gasteiger partial charge in [0.25, 0.3) is 5.91 Å². The number of amides is 3. The van der Waals surface area contributed by atoms with Crippen LogP contribution >= 0.6 is 0 Å². The van der Waals surface area contributed by atoms with E-state index < -0.39 is 11.9 Å². The summed E-state index contributed by atoms with van der Waals surface area (Å²) in [6, 6.07) is 12.9. The van der Waals surface area contributed by atoms with Gasteiger partial charge in [0.2, 0.25) is 11.8 Å². The predicted molar refractivity (Wildman–Crippen MR) is 142 cm³/mol. The number of piperidine rings is 1. The summed E-state index contributed by atoms with van der Waals surface area (Å²) in [6.45, 7) is 2.30. The van der Waals surface area contributed by atoms with Crippen molar-refractivity contribution in [3.8, 4) is 11.4 Å². The van der Waals surface area contributed by atoms with Gasteiger partial charge in [-0.2, -0.15) is 0 Å². The fraction of sp³-hybridized carbons (Fsp3) is 0.321. The fourth-order valence-electron chi connectivity index (χ4n) is 5.17. The van der Waals surface area contributed by atoms with Crippen molar-refractivity contribution >= 4 is 28.6 Å². The van der Waals surface area contributed by atoms with Gasteiger partial charge in [-0.15, -0.1) is 5.10 Å². The second-order valence-electron chi connectivity index (χ2n) is 10.2. The highest BCUT2D eigenvalue weighted by Gasteiger charge is 2.40. The molecule has 0 saturated carbocycles. The maximum absolute atomic E-state index is 13.0. The Bertz CT molecular complexity index is 1590. The highest BCUT2D eigenvalue weighted by atomic mass is 16.5. The Labute approximate surface area is 224 Å². The van der Waals surface area contributed by atoms with Crippen molar-refractivity contribution in [2.24, 2.45) is 0 Å². The molecule has 4 heterocycles. The van der Waals surface area contributed by atoms with Crippen LogP contribution in [0.25, 0.3) is 16.6 Å². The predicted octanol–water partition coefficient (Wildman–Crippen LogP) is 2.12. The highest BCUT2D eigenvalue weighted by molar-refractivity contribution is 6.05. The molecule has 11 heteroatoms. The molecule has 1 N–H and O–H groups in total. The van der Waals surface area contributed by atoms with E-state index >= 15 is 0 Å². The third-order valence-electron chi connectivity index (χ3n) is 7.26. The van der Waals surface area contributed by atoms with Crippen LogP contribution in [0.15, 0.2) is 54.9 Å². The van der Waals surface area contributed by atoms with Crippen LogP contribution in [0, 0.1) is 0 Å². The lowest BCUT2D eigenvalue weighted by Crippen LogP contribution is -2.52. The van der Waals surface area contributed by atoms with Crippen LogP contribution in [0.1, 0.15) is 34.5 Å². The highest BCUT2D eigenvalue weighted by Crippen LogP contribution is 2.34. The van der Waals surface area contributed by atoms with Gasteiger partial charge in [-0.1, -0.05) is 11.3 Å². The summed E-state index contributed by atoms with van der Waals surface area (Å²) in [6.07, 6.45) is 4.46. The third-order valence-corrected chi connectivity index (χ3v) is 7.26. The Kier molecular flexibility index (Phi) is 6.35. The number of nitrogens with zero attached hydrogens (tertiary/aromatic N) is 6. The number of fused-ring (bicyclic) bond motifs is 2. The molecule has 2 aliphatic rings. The van der Waals surface area contributed by atoms with Crippen LogP contribution in [0.2, 0.25) is 0 Å². The molecule has 0 spiro atoms. The summed E-state index contributed by atoms with van der Waals surface area (Å²) < 4.78 is 10.0. The lowest BCUT2D eigenvalue weighted by atomic mass is 10.0. The van der Waals surface area contributed by atoms with Crippen molar-refractivity contribution in [3.05, 3.63) is 71.7 Å². The normalized spacial score (nSPS) is 17.3. The SMILES string of the molecule is CN(C)CCn1ccc2cc(-n3cc(COc4cccc5c4CN(C4CCC(=O)NC4=O)C5=O)nn3)ccc21. The number of aromatic nitrogens is 4. The van der Waals surface area contributed by atoms with E-state index in [9.17, 15) is 14.4 Å². The Morgan fingerprint density at radius 3 is 2.82 bits per heavy atom. The molecule has 0 aliphatic carbocycles. The van der Waals surface area contributed by atoms with Crippen molar-refractivity contribution in [1.82, 2.24) is 34.7 Å². The first-order chi connectivity index (χ1) is 18.9. The molecular weight excluding hydrogens is 498 g/mol. The van der Waals surface area contributed by atoms with E-state index in [1.165, 1.54) is 10.4 Å². The Hall–Kier alpha value is -4.51. The van der Waals surface area contributed by atoms with Gasteiger partial charge in [0, 0.05) is 47.7 Å². The van der Waals surface area contributed by atoms with Crippen LogP contribution in [-0.4, -0.2) is 73.8 Å². The van der Waals surface area contributed by atoms with Crippen LogP contribution < -0.4 is 10.1 Å². The third kappa shape index (κ3) is 4.76. The number of imide groups is 1. The van der Waals surface area contributed by atoms with Gasteiger partial charge in [-0.25, -0.2) is 4.68 Å². The van der Waals surface area contributed by atoms with E-state index in [-0.39, 0.29) is 31.4 Å². The lowest BCUT2D eigenvalue weighted by Gasteiger charge is -2.29. The minimum atomic E-state index is -0.669. The van der Waals surface area contributed by atoms with Crippen LogP contribution in [0.5, 0.6) is 5.75 Å². The van der Waals surface area contributed by atoms with E-state index in [1.54, 1.807) is 22.9 Å². The van der Waals surface area contributed by atoms with Gasteiger partial charge in [-0.3, -0.25) is 19.7 Å². The lowest BCUT2D eigenvalue weighted by molar-refractivity contribution is -0.136.